The Morgan fingerprint density at radius 1 is 1.09 bits per heavy atom. The van der Waals surface area contributed by atoms with Crippen molar-refractivity contribution in [1.29, 1.82) is 5.41 Å². The first-order chi connectivity index (χ1) is 10.6. The summed E-state index contributed by atoms with van der Waals surface area (Å²) >= 11 is 0. The second kappa shape index (κ2) is 4.46. The van der Waals surface area contributed by atoms with Crippen LogP contribution in [0.3, 0.4) is 0 Å². The van der Waals surface area contributed by atoms with Crippen LogP contribution >= 0.6 is 0 Å². The molecule has 3 aromatic rings. The zero-order chi connectivity index (χ0) is 15.3. The molecule has 1 aliphatic carbocycles. The summed E-state index contributed by atoms with van der Waals surface area (Å²) in [5, 5.41) is 17.8. The lowest BCUT2D eigenvalue weighted by Gasteiger charge is -2.01. The maximum Gasteiger partial charge on any atom is 0.239 e. The number of fused-ring (bicyclic) bond motifs is 3. The Hall–Kier alpha value is -3.08. The minimum atomic E-state index is 0.00584. The standard InChI is InChI=1S/C17H14N4O/c1-20-13-4-2-3-5-14(13)21-15(16(22)19-17(20)21)10-11-6-8-12(18)9-7-11/h2-10,18,22H,1H3. The highest BCUT2D eigenvalue weighted by Crippen LogP contribution is 2.28. The minimum absolute atomic E-state index is 0.00584. The molecule has 0 unspecified atom stereocenters. The van der Waals surface area contributed by atoms with E-state index in [9.17, 15) is 5.11 Å². The molecular formula is C17H14N4O. The van der Waals surface area contributed by atoms with Gasteiger partial charge in [-0.05, 0) is 35.9 Å². The quantitative estimate of drug-likeness (QED) is 0.723. The molecule has 2 heterocycles. The van der Waals surface area contributed by atoms with Gasteiger partial charge in [0.2, 0.25) is 11.7 Å². The SMILES string of the molecule is Cn1c2ccccc2n2c(C=C3C=CC(=N)C=C3)c(O)nc12. The van der Waals surface area contributed by atoms with Crippen LogP contribution in [-0.4, -0.2) is 24.8 Å². The van der Waals surface area contributed by atoms with E-state index in [2.05, 4.69) is 4.98 Å². The van der Waals surface area contributed by atoms with Crippen LogP contribution in [0.4, 0.5) is 0 Å². The number of hydrogen-bond acceptors (Lipinski definition) is 3. The van der Waals surface area contributed by atoms with E-state index in [1.807, 2.05) is 58.5 Å². The van der Waals surface area contributed by atoms with Crippen LogP contribution in [0.2, 0.25) is 0 Å². The molecule has 0 spiro atoms. The van der Waals surface area contributed by atoms with Gasteiger partial charge in [-0.3, -0.25) is 4.40 Å². The smallest absolute Gasteiger partial charge is 0.239 e. The molecule has 0 saturated heterocycles. The lowest BCUT2D eigenvalue weighted by atomic mass is 10.1. The number of hydrogen-bond donors (Lipinski definition) is 2. The highest BCUT2D eigenvalue weighted by Gasteiger charge is 2.16. The third-order valence-corrected chi connectivity index (χ3v) is 3.87. The van der Waals surface area contributed by atoms with Gasteiger partial charge in [-0.1, -0.05) is 24.3 Å². The second-order valence-corrected chi connectivity index (χ2v) is 5.27. The van der Waals surface area contributed by atoms with Crippen molar-refractivity contribution in [2.45, 2.75) is 0 Å². The topological polar surface area (TPSA) is 66.3 Å². The van der Waals surface area contributed by atoms with E-state index in [1.165, 1.54) is 0 Å². The number of aromatic nitrogens is 3. The summed E-state index contributed by atoms with van der Waals surface area (Å²) in [6.45, 7) is 0. The Kier molecular flexibility index (Phi) is 2.56. The number of nitrogens with one attached hydrogen (secondary N) is 1. The van der Waals surface area contributed by atoms with Crippen LogP contribution in [-0.2, 0) is 7.05 Å². The van der Waals surface area contributed by atoms with Crippen LogP contribution in [0, 0.1) is 5.41 Å². The molecule has 0 atom stereocenters. The van der Waals surface area contributed by atoms with Crippen molar-refractivity contribution < 1.29 is 5.11 Å². The second-order valence-electron chi connectivity index (χ2n) is 5.27. The Balaban J connectivity index is 2.02. The zero-order valence-corrected chi connectivity index (χ0v) is 12.0. The molecule has 22 heavy (non-hydrogen) atoms. The van der Waals surface area contributed by atoms with Crippen molar-refractivity contribution in [1.82, 2.24) is 14.0 Å². The third kappa shape index (κ3) is 1.72. The normalized spacial score (nSPS) is 14.4. The predicted octanol–water partition coefficient (Wildman–Crippen LogP) is 3.06. The fraction of sp³-hybridized carbons (Fsp3) is 0.0588. The number of para-hydroxylation sites is 2. The molecule has 0 saturated carbocycles. The highest BCUT2D eigenvalue weighted by atomic mass is 16.3. The molecule has 0 bridgehead atoms. The highest BCUT2D eigenvalue weighted by molar-refractivity contribution is 6.04. The van der Waals surface area contributed by atoms with Gasteiger partial charge in [0.15, 0.2) is 0 Å². The Morgan fingerprint density at radius 3 is 2.50 bits per heavy atom. The Labute approximate surface area is 126 Å². The van der Waals surface area contributed by atoms with Gasteiger partial charge in [0.25, 0.3) is 0 Å². The number of rotatable bonds is 1. The first-order valence-corrected chi connectivity index (χ1v) is 6.96. The summed E-state index contributed by atoms with van der Waals surface area (Å²) in [6.07, 6.45) is 9.04. The summed E-state index contributed by atoms with van der Waals surface area (Å²) in [4.78, 5) is 4.28. The molecule has 0 amide bonds. The third-order valence-electron chi connectivity index (χ3n) is 3.87. The largest absolute Gasteiger partial charge is 0.492 e. The van der Waals surface area contributed by atoms with E-state index in [0.29, 0.717) is 17.2 Å². The molecule has 2 aromatic heterocycles. The summed E-state index contributed by atoms with van der Waals surface area (Å²) in [5.41, 5.74) is 4.08. The Morgan fingerprint density at radius 2 is 1.77 bits per heavy atom. The minimum Gasteiger partial charge on any atom is -0.492 e. The summed E-state index contributed by atoms with van der Waals surface area (Å²) in [5.74, 6) is 0.702. The fourth-order valence-corrected chi connectivity index (χ4v) is 2.78. The van der Waals surface area contributed by atoms with Gasteiger partial charge in [-0.25, -0.2) is 0 Å². The van der Waals surface area contributed by atoms with Crippen molar-refractivity contribution in [3.05, 3.63) is 59.8 Å². The van der Waals surface area contributed by atoms with Crippen LogP contribution in [0.1, 0.15) is 5.69 Å². The number of imidazole rings is 2. The number of aromatic hydroxyl groups is 1. The lowest BCUT2D eigenvalue weighted by Crippen LogP contribution is -1.91. The molecule has 5 nitrogen and oxygen atoms in total. The molecule has 4 rings (SSSR count). The van der Waals surface area contributed by atoms with Crippen molar-refractivity contribution in [2.75, 3.05) is 0 Å². The maximum absolute atomic E-state index is 10.2. The van der Waals surface area contributed by atoms with E-state index in [-0.39, 0.29) is 5.88 Å². The van der Waals surface area contributed by atoms with Gasteiger partial charge in [0, 0.05) is 7.05 Å². The number of allylic oxidation sites excluding steroid dienone is 5. The van der Waals surface area contributed by atoms with Crippen LogP contribution < -0.4 is 0 Å². The molecular weight excluding hydrogens is 276 g/mol. The van der Waals surface area contributed by atoms with Gasteiger partial charge in [-0.2, -0.15) is 4.98 Å². The monoisotopic (exact) mass is 290 g/mol. The van der Waals surface area contributed by atoms with Crippen molar-refractivity contribution in [3.8, 4) is 5.88 Å². The summed E-state index contributed by atoms with van der Waals surface area (Å²) in [7, 11) is 1.93. The summed E-state index contributed by atoms with van der Waals surface area (Å²) in [6, 6.07) is 7.99. The average Bonchev–Trinajstić information content (AvgIpc) is 2.98. The van der Waals surface area contributed by atoms with Gasteiger partial charge in [0.05, 0.1) is 16.7 Å². The van der Waals surface area contributed by atoms with Crippen molar-refractivity contribution in [2.24, 2.45) is 7.05 Å². The number of nitrogens with zero attached hydrogens (tertiary/aromatic N) is 3. The molecule has 2 N–H and O–H groups in total. The van der Waals surface area contributed by atoms with E-state index >= 15 is 0 Å². The first-order valence-electron chi connectivity index (χ1n) is 6.96. The van der Waals surface area contributed by atoms with Gasteiger partial charge >= 0.3 is 0 Å². The van der Waals surface area contributed by atoms with Crippen LogP contribution in [0.15, 0.2) is 54.1 Å². The average molecular weight is 290 g/mol. The molecule has 0 aliphatic heterocycles. The van der Waals surface area contributed by atoms with E-state index in [4.69, 9.17) is 5.41 Å². The number of benzene rings is 1. The molecule has 0 radical (unpaired) electrons. The maximum atomic E-state index is 10.2. The van der Waals surface area contributed by atoms with E-state index < -0.39 is 0 Å². The summed E-state index contributed by atoms with van der Waals surface area (Å²) < 4.78 is 3.90. The van der Waals surface area contributed by atoms with Crippen LogP contribution in [0.25, 0.3) is 22.9 Å². The molecule has 1 aliphatic rings. The first kappa shape index (κ1) is 12.6. The lowest BCUT2D eigenvalue weighted by molar-refractivity contribution is 0.455. The van der Waals surface area contributed by atoms with Gasteiger partial charge in [0.1, 0.15) is 5.69 Å². The molecule has 1 aromatic carbocycles. The Bertz CT molecular complexity index is 996. The number of aryl methyl sites for hydroxylation is 1. The fourth-order valence-electron chi connectivity index (χ4n) is 2.78. The molecule has 0 fully saturated rings. The van der Waals surface area contributed by atoms with Crippen LogP contribution in [0.5, 0.6) is 5.88 Å². The molecule has 108 valence electrons. The zero-order valence-electron chi connectivity index (χ0n) is 12.0. The van der Waals surface area contributed by atoms with E-state index in [1.54, 1.807) is 12.2 Å². The predicted molar refractivity (Wildman–Crippen MR) is 87.3 cm³/mol. The molecule has 5 heteroatoms. The van der Waals surface area contributed by atoms with Gasteiger partial charge < -0.3 is 15.1 Å². The van der Waals surface area contributed by atoms with Gasteiger partial charge in [-0.15, -0.1) is 0 Å². The van der Waals surface area contributed by atoms with E-state index in [0.717, 1.165) is 16.6 Å². The van der Waals surface area contributed by atoms with Crippen molar-refractivity contribution in [3.63, 3.8) is 0 Å². The van der Waals surface area contributed by atoms with Crippen molar-refractivity contribution >= 4 is 28.6 Å².